The van der Waals surface area contributed by atoms with Gasteiger partial charge in [-0.2, -0.15) is 11.8 Å². The number of carbonyl (C=O) groups is 1. The highest BCUT2D eigenvalue weighted by atomic mass is 32.2. The van der Waals surface area contributed by atoms with Crippen LogP contribution in [0.15, 0.2) is 36.9 Å². The molecule has 0 spiro atoms. The fraction of sp³-hybridized carbons (Fsp3) is 0.400. The maximum Gasteiger partial charge on any atom is 0.315 e. The number of carbonyl (C=O) groups excluding carboxylic acids is 1. The van der Waals surface area contributed by atoms with Gasteiger partial charge in [-0.25, -0.2) is 4.79 Å². The summed E-state index contributed by atoms with van der Waals surface area (Å²) in [5.74, 6) is 2.40. The van der Waals surface area contributed by atoms with Crippen molar-refractivity contribution in [3.8, 4) is 0 Å². The molecule has 0 saturated carbocycles. The molecule has 1 aliphatic rings. The summed E-state index contributed by atoms with van der Waals surface area (Å²) in [6, 6.07) is 8.25. The zero-order valence-corrected chi connectivity index (χ0v) is 12.4. The lowest BCUT2D eigenvalue weighted by atomic mass is 10.2. The summed E-state index contributed by atoms with van der Waals surface area (Å²) < 4.78 is 0. The average Bonchev–Trinajstić information content (AvgIpc) is 2.52. The predicted molar refractivity (Wildman–Crippen MR) is 86.4 cm³/mol. The lowest BCUT2D eigenvalue weighted by Crippen LogP contribution is -2.35. The standard InChI is InChI=1S/C15H21N3OS/c1-2-7-16-15(19)17-12-13-3-5-14(6-4-13)18-8-10-20-11-9-18/h2-6H,1,7-12H2,(H2,16,17,19). The van der Waals surface area contributed by atoms with Gasteiger partial charge in [0.25, 0.3) is 0 Å². The molecule has 1 saturated heterocycles. The second-order valence-electron chi connectivity index (χ2n) is 4.62. The van der Waals surface area contributed by atoms with Gasteiger partial charge in [0.2, 0.25) is 0 Å². The van der Waals surface area contributed by atoms with Crippen molar-refractivity contribution in [2.45, 2.75) is 6.54 Å². The molecule has 2 amide bonds. The van der Waals surface area contributed by atoms with Gasteiger partial charge in [-0.1, -0.05) is 18.2 Å². The molecule has 2 rings (SSSR count). The van der Waals surface area contributed by atoms with Gasteiger partial charge in [-0.15, -0.1) is 6.58 Å². The molecule has 1 aromatic rings. The van der Waals surface area contributed by atoms with Crippen molar-refractivity contribution in [2.24, 2.45) is 0 Å². The Morgan fingerprint density at radius 2 is 1.95 bits per heavy atom. The van der Waals surface area contributed by atoms with Crippen molar-refractivity contribution in [1.82, 2.24) is 10.6 Å². The Labute approximate surface area is 124 Å². The third-order valence-electron chi connectivity index (χ3n) is 3.17. The van der Waals surface area contributed by atoms with Crippen LogP contribution in [0.5, 0.6) is 0 Å². The Bertz CT molecular complexity index is 441. The topological polar surface area (TPSA) is 44.4 Å². The second-order valence-corrected chi connectivity index (χ2v) is 5.84. The Balaban J connectivity index is 1.81. The molecule has 1 heterocycles. The number of nitrogens with one attached hydrogen (secondary N) is 2. The Kier molecular flexibility index (Phi) is 5.80. The van der Waals surface area contributed by atoms with Gasteiger partial charge in [-0.3, -0.25) is 0 Å². The molecule has 0 atom stereocenters. The van der Waals surface area contributed by atoms with E-state index < -0.39 is 0 Å². The molecule has 0 aliphatic carbocycles. The number of urea groups is 1. The van der Waals surface area contributed by atoms with Crippen LogP contribution in [-0.2, 0) is 6.54 Å². The molecule has 1 aromatic carbocycles. The van der Waals surface area contributed by atoms with Crippen LogP contribution in [0.25, 0.3) is 0 Å². The van der Waals surface area contributed by atoms with Gasteiger partial charge in [0.1, 0.15) is 0 Å². The number of rotatable bonds is 5. The van der Waals surface area contributed by atoms with E-state index in [4.69, 9.17) is 0 Å². The summed E-state index contributed by atoms with van der Waals surface area (Å²) in [6.45, 7) is 6.82. The second kappa shape index (κ2) is 7.85. The van der Waals surface area contributed by atoms with E-state index in [1.54, 1.807) is 6.08 Å². The fourth-order valence-electron chi connectivity index (χ4n) is 2.06. The molecule has 4 nitrogen and oxygen atoms in total. The summed E-state index contributed by atoms with van der Waals surface area (Å²) in [5.41, 5.74) is 2.37. The van der Waals surface area contributed by atoms with E-state index in [2.05, 4.69) is 46.4 Å². The van der Waals surface area contributed by atoms with Crippen molar-refractivity contribution in [3.05, 3.63) is 42.5 Å². The van der Waals surface area contributed by atoms with E-state index in [-0.39, 0.29) is 6.03 Å². The lowest BCUT2D eigenvalue weighted by Gasteiger charge is -2.28. The number of benzene rings is 1. The van der Waals surface area contributed by atoms with Crippen LogP contribution in [0, 0.1) is 0 Å². The van der Waals surface area contributed by atoms with Crippen molar-refractivity contribution in [3.63, 3.8) is 0 Å². The molecule has 0 radical (unpaired) electrons. The monoisotopic (exact) mass is 291 g/mol. The van der Waals surface area contributed by atoms with Crippen LogP contribution >= 0.6 is 11.8 Å². The number of anilines is 1. The molecular weight excluding hydrogens is 270 g/mol. The molecule has 1 aliphatic heterocycles. The summed E-state index contributed by atoms with van der Waals surface area (Å²) >= 11 is 2.01. The van der Waals surface area contributed by atoms with E-state index in [1.807, 2.05) is 11.8 Å². The molecule has 108 valence electrons. The minimum Gasteiger partial charge on any atom is -0.370 e. The average molecular weight is 291 g/mol. The lowest BCUT2D eigenvalue weighted by molar-refractivity contribution is 0.241. The molecule has 0 bridgehead atoms. The van der Waals surface area contributed by atoms with Crippen molar-refractivity contribution < 1.29 is 4.79 Å². The van der Waals surface area contributed by atoms with Crippen LogP contribution < -0.4 is 15.5 Å². The zero-order chi connectivity index (χ0) is 14.2. The summed E-state index contributed by atoms with van der Waals surface area (Å²) in [4.78, 5) is 13.8. The maximum absolute atomic E-state index is 11.4. The zero-order valence-electron chi connectivity index (χ0n) is 11.6. The largest absolute Gasteiger partial charge is 0.370 e. The smallest absolute Gasteiger partial charge is 0.315 e. The first kappa shape index (κ1) is 14.8. The van der Waals surface area contributed by atoms with E-state index in [1.165, 1.54) is 17.2 Å². The molecule has 2 N–H and O–H groups in total. The Hall–Kier alpha value is -1.62. The van der Waals surface area contributed by atoms with E-state index in [9.17, 15) is 4.79 Å². The normalized spacial score (nSPS) is 14.7. The highest BCUT2D eigenvalue weighted by Crippen LogP contribution is 2.19. The SMILES string of the molecule is C=CCNC(=O)NCc1ccc(N2CCSCC2)cc1. The highest BCUT2D eigenvalue weighted by Gasteiger charge is 2.10. The van der Waals surface area contributed by atoms with Gasteiger partial charge >= 0.3 is 6.03 Å². The van der Waals surface area contributed by atoms with Crippen LogP contribution in [0.1, 0.15) is 5.56 Å². The quantitative estimate of drug-likeness (QED) is 0.818. The van der Waals surface area contributed by atoms with Gasteiger partial charge in [0.15, 0.2) is 0 Å². The number of thioether (sulfide) groups is 1. The van der Waals surface area contributed by atoms with E-state index in [0.717, 1.165) is 18.7 Å². The van der Waals surface area contributed by atoms with Crippen molar-refractivity contribution in [1.29, 1.82) is 0 Å². The fourth-order valence-corrected chi connectivity index (χ4v) is 2.96. The molecular formula is C15H21N3OS. The summed E-state index contributed by atoms with van der Waals surface area (Å²) in [7, 11) is 0. The first-order chi connectivity index (χ1) is 9.79. The van der Waals surface area contributed by atoms with Gasteiger partial charge < -0.3 is 15.5 Å². The highest BCUT2D eigenvalue weighted by molar-refractivity contribution is 7.99. The van der Waals surface area contributed by atoms with Crippen LogP contribution in [0.2, 0.25) is 0 Å². The maximum atomic E-state index is 11.4. The minimum absolute atomic E-state index is 0.165. The number of amides is 2. The van der Waals surface area contributed by atoms with Gasteiger partial charge in [0, 0.05) is 43.4 Å². The van der Waals surface area contributed by atoms with Crippen LogP contribution in [-0.4, -0.2) is 37.2 Å². The van der Waals surface area contributed by atoms with Crippen molar-refractivity contribution in [2.75, 3.05) is 36.0 Å². The molecule has 5 heteroatoms. The number of hydrogen-bond donors (Lipinski definition) is 2. The molecule has 0 aromatic heterocycles. The van der Waals surface area contributed by atoms with Gasteiger partial charge in [0.05, 0.1) is 0 Å². The number of nitrogens with zero attached hydrogens (tertiary/aromatic N) is 1. The molecule has 0 unspecified atom stereocenters. The van der Waals surface area contributed by atoms with E-state index in [0.29, 0.717) is 13.1 Å². The molecule has 1 fully saturated rings. The third-order valence-corrected chi connectivity index (χ3v) is 4.12. The minimum atomic E-state index is -0.165. The van der Waals surface area contributed by atoms with Crippen LogP contribution in [0.3, 0.4) is 0 Å². The van der Waals surface area contributed by atoms with E-state index >= 15 is 0 Å². The predicted octanol–water partition coefficient (Wildman–Crippen LogP) is 2.23. The van der Waals surface area contributed by atoms with Crippen molar-refractivity contribution >= 4 is 23.5 Å². The first-order valence-corrected chi connectivity index (χ1v) is 7.99. The molecule has 20 heavy (non-hydrogen) atoms. The third kappa shape index (κ3) is 4.49. The Morgan fingerprint density at radius 3 is 2.60 bits per heavy atom. The summed E-state index contributed by atoms with van der Waals surface area (Å²) in [6.07, 6.45) is 1.66. The van der Waals surface area contributed by atoms with Crippen LogP contribution in [0.4, 0.5) is 10.5 Å². The first-order valence-electron chi connectivity index (χ1n) is 6.84. The Morgan fingerprint density at radius 1 is 1.25 bits per heavy atom. The summed E-state index contributed by atoms with van der Waals surface area (Å²) in [5, 5.41) is 5.51. The number of hydrogen-bond acceptors (Lipinski definition) is 3. The van der Waals surface area contributed by atoms with Gasteiger partial charge in [-0.05, 0) is 17.7 Å².